The van der Waals surface area contributed by atoms with Crippen LogP contribution in [0.5, 0.6) is 0 Å². The van der Waals surface area contributed by atoms with Gasteiger partial charge in [-0.05, 0) is 60.0 Å². The third-order valence-corrected chi connectivity index (χ3v) is 5.11. The van der Waals surface area contributed by atoms with Gasteiger partial charge in [0.15, 0.2) is 0 Å². The average molecular weight is 375 g/mol. The molecule has 5 heteroatoms. The van der Waals surface area contributed by atoms with Crippen LogP contribution >= 0.6 is 27.3 Å². The Bertz CT molecular complexity index is 862. The zero-order valence-electron chi connectivity index (χ0n) is 12.5. The van der Waals surface area contributed by atoms with Crippen LogP contribution in [0.3, 0.4) is 0 Å². The maximum Gasteiger partial charge on any atom is 0.258 e. The van der Waals surface area contributed by atoms with E-state index >= 15 is 0 Å². The standard InChI is InChI=1S/C17H15BrN2OS/c1-9-6-10(2)15(11(3)7-9)20-17(21)14-12(18)4-5-13-16(14)22-8-19-13/h4-8H,1-3H3,(H,20,21). The van der Waals surface area contributed by atoms with Gasteiger partial charge in [0.2, 0.25) is 0 Å². The highest BCUT2D eigenvalue weighted by Crippen LogP contribution is 2.30. The molecule has 1 amide bonds. The van der Waals surface area contributed by atoms with Crippen LogP contribution < -0.4 is 5.32 Å². The van der Waals surface area contributed by atoms with Crippen LogP contribution in [-0.2, 0) is 0 Å². The van der Waals surface area contributed by atoms with Gasteiger partial charge in [-0.15, -0.1) is 11.3 Å². The Morgan fingerprint density at radius 1 is 1.18 bits per heavy atom. The van der Waals surface area contributed by atoms with Gasteiger partial charge in [-0.2, -0.15) is 0 Å². The molecule has 0 unspecified atom stereocenters. The number of carbonyl (C=O) groups is 1. The van der Waals surface area contributed by atoms with Crippen molar-refractivity contribution in [3.05, 3.63) is 56.5 Å². The first-order chi connectivity index (χ1) is 10.5. The molecule has 0 saturated heterocycles. The molecule has 1 heterocycles. The van der Waals surface area contributed by atoms with E-state index in [2.05, 4.69) is 45.3 Å². The Morgan fingerprint density at radius 2 is 1.86 bits per heavy atom. The predicted octanol–water partition coefficient (Wildman–Crippen LogP) is 5.24. The zero-order chi connectivity index (χ0) is 15.9. The van der Waals surface area contributed by atoms with Crippen molar-refractivity contribution >= 4 is 49.1 Å². The molecule has 112 valence electrons. The molecule has 3 rings (SSSR count). The summed E-state index contributed by atoms with van der Waals surface area (Å²) in [5.41, 5.74) is 7.45. The molecule has 0 fully saturated rings. The monoisotopic (exact) mass is 374 g/mol. The lowest BCUT2D eigenvalue weighted by Crippen LogP contribution is -2.14. The molecule has 1 N–H and O–H groups in total. The van der Waals surface area contributed by atoms with Crippen LogP contribution in [0.1, 0.15) is 27.0 Å². The number of halogens is 1. The number of rotatable bonds is 2. The molecular formula is C17H15BrN2OS. The number of aryl methyl sites for hydroxylation is 3. The maximum atomic E-state index is 12.8. The maximum absolute atomic E-state index is 12.8. The van der Waals surface area contributed by atoms with Gasteiger partial charge in [0.25, 0.3) is 5.91 Å². The van der Waals surface area contributed by atoms with Crippen LogP contribution in [-0.4, -0.2) is 10.9 Å². The second-order valence-electron chi connectivity index (χ2n) is 5.35. The van der Waals surface area contributed by atoms with Crippen molar-refractivity contribution in [1.82, 2.24) is 4.98 Å². The summed E-state index contributed by atoms with van der Waals surface area (Å²) in [4.78, 5) is 17.0. The Labute approximate surface area is 141 Å². The Morgan fingerprint density at radius 3 is 2.55 bits per heavy atom. The van der Waals surface area contributed by atoms with E-state index in [1.54, 1.807) is 5.51 Å². The number of thiazole rings is 1. The third-order valence-electron chi connectivity index (χ3n) is 3.59. The van der Waals surface area contributed by atoms with Gasteiger partial charge in [-0.25, -0.2) is 4.98 Å². The van der Waals surface area contributed by atoms with E-state index in [9.17, 15) is 4.79 Å². The van der Waals surface area contributed by atoms with Gasteiger partial charge in [0.05, 0.1) is 21.3 Å². The first kappa shape index (κ1) is 15.2. The minimum absolute atomic E-state index is 0.114. The molecule has 0 aliphatic carbocycles. The molecule has 0 atom stereocenters. The molecule has 0 aliphatic rings. The van der Waals surface area contributed by atoms with Crippen LogP contribution in [0.15, 0.2) is 34.2 Å². The van der Waals surface area contributed by atoms with Gasteiger partial charge >= 0.3 is 0 Å². The number of nitrogens with one attached hydrogen (secondary N) is 1. The SMILES string of the molecule is Cc1cc(C)c(NC(=O)c2c(Br)ccc3ncsc23)c(C)c1. The summed E-state index contributed by atoms with van der Waals surface area (Å²) in [6.07, 6.45) is 0. The van der Waals surface area contributed by atoms with E-state index in [1.165, 1.54) is 16.9 Å². The summed E-state index contributed by atoms with van der Waals surface area (Å²) in [5.74, 6) is -0.114. The first-order valence-corrected chi connectivity index (χ1v) is 8.55. The average Bonchev–Trinajstić information content (AvgIpc) is 2.90. The third kappa shape index (κ3) is 2.66. The normalized spacial score (nSPS) is 10.9. The highest BCUT2D eigenvalue weighted by atomic mass is 79.9. The van der Waals surface area contributed by atoms with Gasteiger partial charge in [0.1, 0.15) is 0 Å². The highest BCUT2D eigenvalue weighted by molar-refractivity contribution is 9.10. The van der Waals surface area contributed by atoms with Gasteiger partial charge in [0, 0.05) is 10.2 Å². The summed E-state index contributed by atoms with van der Waals surface area (Å²) >= 11 is 4.96. The molecule has 1 aromatic heterocycles. The second-order valence-corrected chi connectivity index (χ2v) is 7.06. The number of hydrogen-bond donors (Lipinski definition) is 1. The van der Waals surface area contributed by atoms with E-state index in [4.69, 9.17) is 0 Å². The number of anilines is 1. The van der Waals surface area contributed by atoms with E-state index in [0.717, 1.165) is 31.5 Å². The minimum atomic E-state index is -0.114. The smallest absolute Gasteiger partial charge is 0.258 e. The van der Waals surface area contributed by atoms with Gasteiger partial charge < -0.3 is 5.32 Å². The zero-order valence-corrected chi connectivity index (χ0v) is 14.9. The van der Waals surface area contributed by atoms with Crippen molar-refractivity contribution in [2.75, 3.05) is 5.32 Å². The molecule has 0 saturated carbocycles. The highest BCUT2D eigenvalue weighted by Gasteiger charge is 2.17. The van der Waals surface area contributed by atoms with Crippen LogP contribution in [0.25, 0.3) is 10.2 Å². The number of nitrogens with zero attached hydrogens (tertiary/aromatic N) is 1. The van der Waals surface area contributed by atoms with E-state index in [0.29, 0.717) is 5.56 Å². The first-order valence-electron chi connectivity index (χ1n) is 6.88. The largest absolute Gasteiger partial charge is 0.321 e. The fraction of sp³-hybridized carbons (Fsp3) is 0.176. The van der Waals surface area contributed by atoms with E-state index < -0.39 is 0 Å². The number of fused-ring (bicyclic) bond motifs is 1. The molecule has 3 nitrogen and oxygen atoms in total. The van der Waals surface area contributed by atoms with Crippen molar-refractivity contribution in [2.24, 2.45) is 0 Å². The topological polar surface area (TPSA) is 42.0 Å². The fourth-order valence-corrected chi connectivity index (χ4v) is 4.14. The van der Waals surface area contributed by atoms with E-state index in [1.807, 2.05) is 26.0 Å². The molecule has 22 heavy (non-hydrogen) atoms. The lowest BCUT2D eigenvalue weighted by Gasteiger charge is -2.14. The molecule has 0 aliphatic heterocycles. The number of carbonyl (C=O) groups excluding carboxylic acids is 1. The quantitative estimate of drug-likeness (QED) is 0.666. The van der Waals surface area contributed by atoms with Crippen molar-refractivity contribution in [2.45, 2.75) is 20.8 Å². The van der Waals surface area contributed by atoms with Crippen molar-refractivity contribution < 1.29 is 4.79 Å². The number of amides is 1. The number of hydrogen-bond acceptors (Lipinski definition) is 3. The van der Waals surface area contributed by atoms with Crippen molar-refractivity contribution in [1.29, 1.82) is 0 Å². The summed E-state index contributed by atoms with van der Waals surface area (Å²) in [7, 11) is 0. The molecule has 3 aromatic rings. The molecule has 0 radical (unpaired) electrons. The Balaban J connectivity index is 2.05. The summed E-state index contributed by atoms with van der Waals surface area (Å²) in [6.45, 7) is 6.08. The molecule has 0 bridgehead atoms. The number of aromatic nitrogens is 1. The number of benzene rings is 2. The predicted molar refractivity (Wildman–Crippen MR) is 95.9 cm³/mol. The van der Waals surface area contributed by atoms with Gasteiger partial charge in [-0.3, -0.25) is 4.79 Å². The lowest BCUT2D eigenvalue weighted by molar-refractivity contribution is 0.102. The minimum Gasteiger partial charge on any atom is -0.321 e. The molecule has 2 aromatic carbocycles. The van der Waals surface area contributed by atoms with E-state index in [-0.39, 0.29) is 5.91 Å². The lowest BCUT2D eigenvalue weighted by atomic mass is 10.0. The van der Waals surface area contributed by atoms with Gasteiger partial charge in [-0.1, -0.05) is 17.7 Å². The van der Waals surface area contributed by atoms with Crippen molar-refractivity contribution in [3.8, 4) is 0 Å². The van der Waals surface area contributed by atoms with Crippen molar-refractivity contribution in [3.63, 3.8) is 0 Å². The summed E-state index contributed by atoms with van der Waals surface area (Å²) in [5, 5.41) is 3.05. The summed E-state index contributed by atoms with van der Waals surface area (Å²) < 4.78 is 1.68. The molecular weight excluding hydrogens is 360 g/mol. The van der Waals surface area contributed by atoms with Crippen LogP contribution in [0.2, 0.25) is 0 Å². The Kier molecular flexibility index (Phi) is 4.02. The second kappa shape index (κ2) is 5.82. The Hall–Kier alpha value is -1.72. The fourth-order valence-electron chi connectivity index (χ4n) is 2.67. The van der Waals surface area contributed by atoms with Crippen LogP contribution in [0, 0.1) is 20.8 Å². The summed E-state index contributed by atoms with van der Waals surface area (Å²) in [6, 6.07) is 7.93. The van der Waals surface area contributed by atoms with Crippen LogP contribution in [0.4, 0.5) is 5.69 Å². The molecule has 0 spiro atoms.